The van der Waals surface area contributed by atoms with Gasteiger partial charge in [0.25, 0.3) is 11.4 Å². The molecule has 2 N–H and O–H groups in total. The molecule has 10 heteroatoms. The number of nitro groups is 2. The van der Waals surface area contributed by atoms with Crippen molar-refractivity contribution in [1.82, 2.24) is 5.32 Å². The van der Waals surface area contributed by atoms with E-state index in [-0.39, 0.29) is 17.9 Å². The molecule has 0 bridgehead atoms. The summed E-state index contributed by atoms with van der Waals surface area (Å²) in [4.78, 5) is 45.5. The third-order valence-corrected chi connectivity index (χ3v) is 4.76. The fraction of sp³-hybridized carbons (Fsp3) is 0.0400. The fourth-order valence-electron chi connectivity index (χ4n) is 3.11. The van der Waals surface area contributed by atoms with Crippen LogP contribution in [0.4, 0.5) is 17.1 Å². The largest absolute Gasteiger partial charge is 0.348 e. The molecule has 0 aliphatic heterocycles. The number of nitrogens with zero attached hydrogens (tertiary/aromatic N) is 2. The van der Waals surface area contributed by atoms with Crippen molar-refractivity contribution in [2.45, 2.75) is 6.54 Å². The highest BCUT2D eigenvalue weighted by Gasteiger charge is 2.11. The van der Waals surface area contributed by atoms with E-state index in [2.05, 4.69) is 10.6 Å². The third kappa shape index (κ3) is 7.19. The van der Waals surface area contributed by atoms with Crippen LogP contribution in [-0.4, -0.2) is 21.7 Å². The van der Waals surface area contributed by atoms with Gasteiger partial charge in [0.15, 0.2) is 0 Å². The van der Waals surface area contributed by atoms with E-state index in [0.717, 1.165) is 0 Å². The second-order valence-electron chi connectivity index (χ2n) is 7.21. The average Bonchev–Trinajstić information content (AvgIpc) is 2.85. The lowest BCUT2D eigenvalue weighted by molar-refractivity contribution is -0.385. The van der Waals surface area contributed by atoms with Gasteiger partial charge in [-0.05, 0) is 42.0 Å². The summed E-state index contributed by atoms with van der Waals surface area (Å²) >= 11 is 0. The second-order valence-corrected chi connectivity index (χ2v) is 7.21. The zero-order chi connectivity index (χ0) is 25.2. The topological polar surface area (TPSA) is 144 Å². The molecule has 3 aromatic carbocycles. The Balaban J connectivity index is 1.58. The van der Waals surface area contributed by atoms with Crippen molar-refractivity contribution >= 4 is 41.0 Å². The molecular formula is C25H20N4O6. The van der Waals surface area contributed by atoms with Gasteiger partial charge >= 0.3 is 0 Å². The predicted molar refractivity (Wildman–Crippen MR) is 131 cm³/mol. The number of amides is 2. The maximum atomic E-state index is 12.2. The lowest BCUT2D eigenvalue weighted by Crippen LogP contribution is -2.20. The summed E-state index contributed by atoms with van der Waals surface area (Å²) in [7, 11) is 0. The molecular weight excluding hydrogens is 452 g/mol. The Labute approximate surface area is 199 Å². The van der Waals surface area contributed by atoms with Crippen LogP contribution in [0.2, 0.25) is 0 Å². The van der Waals surface area contributed by atoms with E-state index in [9.17, 15) is 29.8 Å². The van der Waals surface area contributed by atoms with Crippen LogP contribution in [0.15, 0.2) is 84.9 Å². The van der Waals surface area contributed by atoms with Gasteiger partial charge in [-0.25, -0.2) is 0 Å². The van der Waals surface area contributed by atoms with Crippen molar-refractivity contribution in [2.75, 3.05) is 5.32 Å². The Hall–Kier alpha value is -5.12. The number of carbonyl (C=O) groups is 2. The molecule has 0 unspecified atom stereocenters. The SMILES string of the molecule is O=C(C=Cc1ccccc1[N+](=O)[O-])NCc1cccc(NC(=O)C=Cc2ccccc2[N+](=O)[O-])c1. The summed E-state index contributed by atoms with van der Waals surface area (Å²) < 4.78 is 0. The molecule has 3 rings (SSSR count). The molecule has 10 nitrogen and oxygen atoms in total. The number of hydrogen-bond acceptors (Lipinski definition) is 6. The smallest absolute Gasteiger partial charge is 0.276 e. The fourth-order valence-corrected chi connectivity index (χ4v) is 3.11. The third-order valence-electron chi connectivity index (χ3n) is 4.76. The Morgan fingerprint density at radius 3 is 1.86 bits per heavy atom. The number of nitrogens with one attached hydrogen (secondary N) is 2. The number of carbonyl (C=O) groups excluding carboxylic acids is 2. The Bertz CT molecular complexity index is 1330. The maximum absolute atomic E-state index is 12.2. The van der Waals surface area contributed by atoms with E-state index in [1.807, 2.05) is 0 Å². The van der Waals surface area contributed by atoms with Crippen LogP contribution in [0.3, 0.4) is 0 Å². The van der Waals surface area contributed by atoms with Crippen molar-refractivity contribution in [3.05, 3.63) is 122 Å². The molecule has 0 atom stereocenters. The molecule has 0 fully saturated rings. The number of anilines is 1. The van der Waals surface area contributed by atoms with Gasteiger partial charge in [0.1, 0.15) is 0 Å². The van der Waals surface area contributed by atoms with Gasteiger partial charge < -0.3 is 10.6 Å². The summed E-state index contributed by atoms with van der Waals surface area (Å²) in [5, 5.41) is 27.5. The van der Waals surface area contributed by atoms with Crippen molar-refractivity contribution < 1.29 is 19.4 Å². The Morgan fingerprint density at radius 2 is 1.29 bits per heavy atom. The second kappa shape index (κ2) is 11.7. The molecule has 0 aliphatic rings. The van der Waals surface area contributed by atoms with E-state index in [1.54, 1.807) is 54.6 Å². The molecule has 35 heavy (non-hydrogen) atoms. The molecule has 0 aliphatic carbocycles. The summed E-state index contributed by atoms with van der Waals surface area (Å²) in [5.41, 5.74) is 1.59. The highest BCUT2D eigenvalue weighted by molar-refractivity contribution is 6.02. The van der Waals surface area contributed by atoms with Crippen LogP contribution in [0.25, 0.3) is 12.2 Å². The maximum Gasteiger partial charge on any atom is 0.276 e. The van der Waals surface area contributed by atoms with Gasteiger partial charge in [-0.1, -0.05) is 36.4 Å². The number of rotatable bonds is 9. The molecule has 0 aromatic heterocycles. The van der Waals surface area contributed by atoms with Gasteiger partial charge in [-0.3, -0.25) is 29.8 Å². The molecule has 0 spiro atoms. The number of benzene rings is 3. The lowest BCUT2D eigenvalue weighted by atomic mass is 10.1. The highest BCUT2D eigenvalue weighted by atomic mass is 16.6. The first-order valence-corrected chi connectivity index (χ1v) is 10.3. The number of para-hydroxylation sites is 2. The van der Waals surface area contributed by atoms with Crippen molar-refractivity contribution in [2.24, 2.45) is 0 Å². The standard InChI is InChI=1S/C25H20N4O6/c30-24(14-12-19-7-1-3-10-22(19)28(32)33)26-17-18-6-5-9-21(16-18)27-25(31)15-13-20-8-2-4-11-23(20)29(34)35/h1-16H,17H2,(H,26,30)(H,27,31). The molecule has 3 aromatic rings. The van der Waals surface area contributed by atoms with Gasteiger partial charge in [0.2, 0.25) is 11.8 Å². The predicted octanol–water partition coefficient (Wildman–Crippen LogP) is 4.48. The van der Waals surface area contributed by atoms with Crippen molar-refractivity contribution in [3.8, 4) is 0 Å². The van der Waals surface area contributed by atoms with Gasteiger partial charge in [-0.2, -0.15) is 0 Å². The van der Waals surface area contributed by atoms with Crippen molar-refractivity contribution in [1.29, 1.82) is 0 Å². The first-order chi connectivity index (χ1) is 16.8. The lowest BCUT2D eigenvalue weighted by Gasteiger charge is -2.07. The first-order valence-electron chi connectivity index (χ1n) is 10.3. The van der Waals surface area contributed by atoms with Crippen LogP contribution in [0, 0.1) is 20.2 Å². The zero-order valence-electron chi connectivity index (χ0n) is 18.3. The molecule has 0 saturated carbocycles. The molecule has 0 radical (unpaired) electrons. The quantitative estimate of drug-likeness (QED) is 0.267. The van der Waals surface area contributed by atoms with E-state index < -0.39 is 21.7 Å². The van der Waals surface area contributed by atoms with Crippen molar-refractivity contribution in [3.63, 3.8) is 0 Å². The minimum absolute atomic E-state index is 0.101. The van der Waals surface area contributed by atoms with E-state index >= 15 is 0 Å². The summed E-state index contributed by atoms with van der Waals surface area (Å²) in [6.45, 7) is 0.163. The molecule has 0 heterocycles. The highest BCUT2D eigenvalue weighted by Crippen LogP contribution is 2.20. The van der Waals surface area contributed by atoms with Gasteiger partial charge in [0, 0.05) is 36.5 Å². The average molecular weight is 472 g/mol. The summed E-state index contributed by atoms with van der Waals surface area (Å²) in [6.07, 6.45) is 5.14. The minimum Gasteiger partial charge on any atom is -0.348 e. The summed E-state index contributed by atoms with van der Waals surface area (Å²) in [6, 6.07) is 18.9. The van der Waals surface area contributed by atoms with Crippen LogP contribution in [0.1, 0.15) is 16.7 Å². The number of hydrogen-bond donors (Lipinski definition) is 2. The molecule has 176 valence electrons. The van der Waals surface area contributed by atoms with Gasteiger partial charge in [0.05, 0.1) is 21.0 Å². The van der Waals surface area contributed by atoms with Gasteiger partial charge in [-0.15, -0.1) is 0 Å². The van der Waals surface area contributed by atoms with Crippen LogP contribution in [-0.2, 0) is 16.1 Å². The van der Waals surface area contributed by atoms with Crippen LogP contribution >= 0.6 is 0 Å². The van der Waals surface area contributed by atoms with E-state index in [0.29, 0.717) is 22.4 Å². The normalized spacial score (nSPS) is 10.9. The van der Waals surface area contributed by atoms with E-state index in [1.165, 1.54) is 42.5 Å². The minimum atomic E-state index is -0.522. The Kier molecular flexibility index (Phi) is 8.17. The number of nitro benzene ring substituents is 2. The molecule has 0 saturated heterocycles. The monoisotopic (exact) mass is 472 g/mol. The zero-order valence-corrected chi connectivity index (χ0v) is 18.3. The Morgan fingerprint density at radius 1 is 0.743 bits per heavy atom. The molecule has 2 amide bonds. The van der Waals surface area contributed by atoms with Crippen LogP contribution in [0.5, 0.6) is 0 Å². The first kappa shape index (κ1) is 24.5. The van der Waals surface area contributed by atoms with E-state index in [4.69, 9.17) is 0 Å². The van der Waals surface area contributed by atoms with Crippen LogP contribution < -0.4 is 10.6 Å². The summed E-state index contributed by atoms with van der Waals surface area (Å²) in [5.74, 6) is -0.915.